The zero-order valence-corrected chi connectivity index (χ0v) is 11.0. The van der Waals surface area contributed by atoms with Gasteiger partial charge < -0.3 is 10.1 Å². The van der Waals surface area contributed by atoms with Crippen LogP contribution in [0.2, 0.25) is 0 Å². The van der Waals surface area contributed by atoms with Gasteiger partial charge in [0.2, 0.25) is 0 Å². The molecular formula is C17H19NO. The van der Waals surface area contributed by atoms with Crippen LogP contribution in [0.5, 0.6) is 5.75 Å². The Morgan fingerprint density at radius 2 is 1.58 bits per heavy atom. The van der Waals surface area contributed by atoms with Crippen molar-refractivity contribution in [1.29, 1.82) is 0 Å². The lowest BCUT2D eigenvalue weighted by Crippen LogP contribution is -2.15. The number of benzene rings is 2. The van der Waals surface area contributed by atoms with E-state index in [9.17, 15) is 0 Å². The second-order valence-corrected chi connectivity index (χ2v) is 5.07. The maximum absolute atomic E-state index is 5.72. The van der Waals surface area contributed by atoms with Crippen LogP contribution in [0, 0.1) is 0 Å². The van der Waals surface area contributed by atoms with E-state index in [0.717, 1.165) is 18.3 Å². The summed E-state index contributed by atoms with van der Waals surface area (Å²) in [4.78, 5) is 0. The molecule has 2 heteroatoms. The van der Waals surface area contributed by atoms with Gasteiger partial charge in [0.15, 0.2) is 0 Å². The number of para-hydroxylation sites is 1. The summed E-state index contributed by atoms with van der Waals surface area (Å²) in [6.45, 7) is 1.60. The van der Waals surface area contributed by atoms with Gasteiger partial charge in [-0.15, -0.1) is 0 Å². The van der Waals surface area contributed by atoms with Gasteiger partial charge >= 0.3 is 0 Å². The number of ether oxygens (including phenoxy) is 1. The minimum Gasteiger partial charge on any atom is -0.489 e. The van der Waals surface area contributed by atoms with E-state index < -0.39 is 0 Å². The Morgan fingerprint density at radius 3 is 2.26 bits per heavy atom. The molecule has 0 radical (unpaired) electrons. The lowest BCUT2D eigenvalue weighted by atomic mass is 10.1. The first-order valence-electron chi connectivity index (χ1n) is 6.89. The Labute approximate surface area is 114 Å². The Bertz CT molecular complexity index is 503. The van der Waals surface area contributed by atoms with Gasteiger partial charge in [-0.1, -0.05) is 42.5 Å². The van der Waals surface area contributed by atoms with Crippen LogP contribution in [0.15, 0.2) is 54.6 Å². The van der Waals surface area contributed by atoms with Crippen molar-refractivity contribution in [2.45, 2.75) is 32.0 Å². The molecule has 1 aliphatic carbocycles. The first-order chi connectivity index (χ1) is 9.40. The van der Waals surface area contributed by atoms with E-state index >= 15 is 0 Å². The maximum Gasteiger partial charge on any atom is 0.119 e. The van der Waals surface area contributed by atoms with Crippen LogP contribution in [0.25, 0.3) is 0 Å². The molecule has 0 bridgehead atoms. The van der Waals surface area contributed by atoms with Crippen LogP contribution in [-0.4, -0.2) is 6.04 Å². The topological polar surface area (TPSA) is 21.3 Å². The minimum atomic E-state index is 0.625. The molecule has 1 N–H and O–H groups in total. The smallest absolute Gasteiger partial charge is 0.119 e. The molecule has 0 aliphatic heterocycles. The van der Waals surface area contributed by atoms with Crippen molar-refractivity contribution in [3.63, 3.8) is 0 Å². The summed E-state index contributed by atoms with van der Waals surface area (Å²) in [5.41, 5.74) is 2.55. The molecule has 1 fully saturated rings. The molecule has 1 aliphatic rings. The van der Waals surface area contributed by atoms with E-state index in [1.165, 1.54) is 24.0 Å². The molecule has 0 atom stereocenters. The van der Waals surface area contributed by atoms with Crippen LogP contribution < -0.4 is 10.1 Å². The molecule has 0 unspecified atom stereocenters. The Kier molecular flexibility index (Phi) is 3.80. The second-order valence-electron chi connectivity index (χ2n) is 5.07. The van der Waals surface area contributed by atoms with Gasteiger partial charge in [-0.05, 0) is 36.1 Å². The predicted octanol–water partition coefficient (Wildman–Crippen LogP) is 3.52. The molecule has 2 aromatic rings. The monoisotopic (exact) mass is 253 g/mol. The van der Waals surface area contributed by atoms with E-state index in [0.29, 0.717) is 6.61 Å². The van der Waals surface area contributed by atoms with E-state index in [2.05, 4.69) is 29.6 Å². The third-order valence-corrected chi connectivity index (χ3v) is 3.34. The molecule has 0 spiro atoms. The molecule has 2 aromatic carbocycles. The van der Waals surface area contributed by atoms with Crippen LogP contribution in [0.4, 0.5) is 0 Å². The molecule has 19 heavy (non-hydrogen) atoms. The first-order valence-corrected chi connectivity index (χ1v) is 6.89. The summed E-state index contributed by atoms with van der Waals surface area (Å²) in [6.07, 6.45) is 2.67. The Morgan fingerprint density at radius 1 is 0.895 bits per heavy atom. The van der Waals surface area contributed by atoms with Gasteiger partial charge in [0.1, 0.15) is 12.4 Å². The normalized spacial score (nSPS) is 14.3. The second kappa shape index (κ2) is 5.89. The van der Waals surface area contributed by atoms with E-state index in [-0.39, 0.29) is 0 Å². The van der Waals surface area contributed by atoms with Gasteiger partial charge in [0, 0.05) is 12.6 Å². The minimum absolute atomic E-state index is 0.625. The van der Waals surface area contributed by atoms with Crippen molar-refractivity contribution in [2.24, 2.45) is 0 Å². The molecule has 0 amide bonds. The number of hydrogen-bond donors (Lipinski definition) is 1. The van der Waals surface area contributed by atoms with Crippen LogP contribution in [0.1, 0.15) is 24.0 Å². The summed E-state index contributed by atoms with van der Waals surface area (Å²) < 4.78 is 5.72. The van der Waals surface area contributed by atoms with Crippen molar-refractivity contribution >= 4 is 0 Å². The number of nitrogens with one attached hydrogen (secondary N) is 1. The fourth-order valence-corrected chi connectivity index (χ4v) is 1.99. The molecular weight excluding hydrogens is 234 g/mol. The van der Waals surface area contributed by atoms with Crippen molar-refractivity contribution in [1.82, 2.24) is 5.32 Å². The van der Waals surface area contributed by atoms with Gasteiger partial charge in [-0.3, -0.25) is 0 Å². The zero-order chi connectivity index (χ0) is 12.9. The molecule has 3 rings (SSSR count). The fourth-order valence-electron chi connectivity index (χ4n) is 1.99. The largest absolute Gasteiger partial charge is 0.489 e. The van der Waals surface area contributed by atoms with Crippen molar-refractivity contribution in [3.8, 4) is 5.75 Å². The number of rotatable bonds is 6. The van der Waals surface area contributed by atoms with Crippen LogP contribution in [0.3, 0.4) is 0 Å². The van der Waals surface area contributed by atoms with Crippen molar-refractivity contribution in [3.05, 3.63) is 65.7 Å². The average molecular weight is 253 g/mol. The van der Waals surface area contributed by atoms with Crippen LogP contribution in [-0.2, 0) is 13.2 Å². The third kappa shape index (κ3) is 3.83. The third-order valence-electron chi connectivity index (χ3n) is 3.34. The van der Waals surface area contributed by atoms with Crippen molar-refractivity contribution in [2.75, 3.05) is 0 Å². The predicted molar refractivity (Wildman–Crippen MR) is 77.1 cm³/mol. The van der Waals surface area contributed by atoms with Crippen molar-refractivity contribution < 1.29 is 4.74 Å². The van der Waals surface area contributed by atoms with Gasteiger partial charge in [-0.2, -0.15) is 0 Å². The number of hydrogen-bond acceptors (Lipinski definition) is 2. The van der Waals surface area contributed by atoms with E-state index in [1.807, 2.05) is 30.3 Å². The molecule has 2 nitrogen and oxygen atoms in total. The standard InChI is InChI=1S/C17H19NO/c1-2-4-17(5-3-1)19-13-15-8-6-14(7-9-15)12-18-16-10-11-16/h1-9,16,18H,10-13H2. The van der Waals surface area contributed by atoms with Gasteiger partial charge in [-0.25, -0.2) is 0 Å². The first kappa shape index (κ1) is 12.2. The highest BCUT2D eigenvalue weighted by molar-refractivity contribution is 5.24. The van der Waals surface area contributed by atoms with E-state index in [4.69, 9.17) is 4.74 Å². The van der Waals surface area contributed by atoms with Crippen LogP contribution >= 0.6 is 0 Å². The average Bonchev–Trinajstić information content (AvgIpc) is 3.29. The Hall–Kier alpha value is -1.80. The molecule has 1 saturated carbocycles. The lowest BCUT2D eigenvalue weighted by molar-refractivity contribution is 0.306. The van der Waals surface area contributed by atoms with Gasteiger partial charge in [0.05, 0.1) is 0 Å². The summed E-state index contributed by atoms with van der Waals surface area (Å²) in [6, 6.07) is 19.3. The summed E-state index contributed by atoms with van der Waals surface area (Å²) in [7, 11) is 0. The van der Waals surface area contributed by atoms with Gasteiger partial charge in [0.25, 0.3) is 0 Å². The highest BCUT2D eigenvalue weighted by Crippen LogP contribution is 2.19. The zero-order valence-electron chi connectivity index (χ0n) is 11.0. The Balaban J connectivity index is 1.50. The highest BCUT2D eigenvalue weighted by Gasteiger charge is 2.19. The highest BCUT2D eigenvalue weighted by atomic mass is 16.5. The molecule has 0 saturated heterocycles. The lowest BCUT2D eigenvalue weighted by Gasteiger charge is -2.07. The summed E-state index contributed by atoms with van der Waals surface area (Å²) in [5.74, 6) is 0.918. The fraction of sp³-hybridized carbons (Fsp3) is 0.294. The van der Waals surface area contributed by atoms with E-state index in [1.54, 1.807) is 0 Å². The SMILES string of the molecule is c1ccc(OCc2ccc(CNC3CC3)cc2)cc1. The maximum atomic E-state index is 5.72. The summed E-state index contributed by atoms with van der Waals surface area (Å²) in [5, 5.41) is 3.52. The molecule has 0 aromatic heterocycles. The quantitative estimate of drug-likeness (QED) is 0.850. The summed E-state index contributed by atoms with van der Waals surface area (Å²) >= 11 is 0. The molecule has 98 valence electrons. The molecule has 0 heterocycles.